The van der Waals surface area contributed by atoms with Gasteiger partial charge in [-0.3, -0.25) is 4.79 Å². The highest BCUT2D eigenvalue weighted by Gasteiger charge is 2.35. The third kappa shape index (κ3) is 4.23. The van der Waals surface area contributed by atoms with E-state index in [1.54, 1.807) is 7.11 Å². The highest BCUT2D eigenvalue weighted by molar-refractivity contribution is 5.97. The number of amides is 1. The second-order valence-electron chi connectivity index (χ2n) is 8.86. The van der Waals surface area contributed by atoms with Crippen LogP contribution < -0.4 is 14.4 Å². The number of aryl methyl sites for hydroxylation is 2. The number of carbonyl (C=O) groups excluding carboxylic acids is 1. The normalized spacial score (nSPS) is 15.8. The Balaban J connectivity index is 1.41. The first-order valence-corrected chi connectivity index (χ1v) is 11.6. The molecule has 1 amide bonds. The molecule has 0 bridgehead atoms. The van der Waals surface area contributed by atoms with Crippen LogP contribution in [0.1, 0.15) is 29.3 Å². The number of para-hydroxylation sites is 4. The van der Waals surface area contributed by atoms with Crippen LogP contribution in [0.15, 0.2) is 66.7 Å². The second-order valence-corrected chi connectivity index (χ2v) is 8.86. The van der Waals surface area contributed by atoms with Crippen molar-refractivity contribution in [3.8, 4) is 11.5 Å². The molecule has 6 heteroatoms. The molecule has 1 unspecified atom stereocenters. The van der Waals surface area contributed by atoms with E-state index in [0.29, 0.717) is 31.9 Å². The number of rotatable bonds is 7. The lowest BCUT2D eigenvalue weighted by molar-refractivity contribution is -0.117. The average molecular weight is 456 g/mol. The maximum atomic E-state index is 13.0. The summed E-state index contributed by atoms with van der Waals surface area (Å²) in [5.74, 6) is 2.58. The average Bonchev–Trinajstić information content (AvgIpc) is 3.39. The molecule has 1 aliphatic heterocycles. The summed E-state index contributed by atoms with van der Waals surface area (Å²) in [5.41, 5.74) is 5.17. The molecule has 0 radical (unpaired) electrons. The molecule has 0 N–H and O–H groups in total. The third-order valence-electron chi connectivity index (χ3n) is 6.33. The predicted molar refractivity (Wildman–Crippen MR) is 134 cm³/mol. The number of nitrogens with zero attached hydrogens (tertiary/aromatic N) is 3. The van der Waals surface area contributed by atoms with Crippen molar-refractivity contribution in [3.63, 3.8) is 0 Å². The van der Waals surface area contributed by atoms with Gasteiger partial charge in [-0.15, -0.1) is 0 Å². The quantitative estimate of drug-likeness (QED) is 0.381. The van der Waals surface area contributed by atoms with Gasteiger partial charge in [-0.25, -0.2) is 4.98 Å². The molecule has 0 aliphatic carbocycles. The van der Waals surface area contributed by atoms with Crippen molar-refractivity contribution >= 4 is 22.6 Å². The molecule has 0 saturated carbocycles. The van der Waals surface area contributed by atoms with Crippen LogP contribution in [-0.2, 0) is 11.3 Å². The predicted octanol–water partition coefficient (Wildman–Crippen LogP) is 5.26. The Labute approximate surface area is 199 Å². The van der Waals surface area contributed by atoms with E-state index in [4.69, 9.17) is 14.5 Å². The zero-order valence-corrected chi connectivity index (χ0v) is 19.8. The van der Waals surface area contributed by atoms with E-state index in [1.807, 2.05) is 47.4 Å². The number of benzene rings is 3. The van der Waals surface area contributed by atoms with E-state index < -0.39 is 0 Å². The number of aromatic nitrogens is 2. The molecule has 0 spiro atoms. The van der Waals surface area contributed by atoms with Gasteiger partial charge in [0, 0.05) is 18.9 Å². The maximum absolute atomic E-state index is 13.0. The van der Waals surface area contributed by atoms with E-state index >= 15 is 0 Å². The van der Waals surface area contributed by atoms with Crippen LogP contribution in [0.5, 0.6) is 11.5 Å². The number of methoxy groups -OCH3 is 1. The van der Waals surface area contributed by atoms with Crippen molar-refractivity contribution in [2.45, 2.75) is 32.7 Å². The van der Waals surface area contributed by atoms with Gasteiger partial charge in [0.05, 0.1) is 30.4 Å². The van der Waals surface area contributed by atoms with Crippen LogP contribution in [0, 0.1) is 13.8 Å². The van der Waals surface area contributed by atoms with Crippen LogP contribution in [-0.4, -0.2) is 35.7 Å². The summed E-state index contributed by atoms with van der Waals surface area (Å²) < 4.78 is 13.8. The Morgan fingerprint density at radius 1 is 1.00 bits per heavy atom. The highest BCUT2D eigenvalue weighted by Crippen LogP contribution is 2.37. The van der Waals surface area contributed by atoms with Gasteiger partial charge in [0.1, 0.15) is 23.9 Å². The summed E-state index contributed by atoms with van der Waals surface area (Å²) in [4.78, 5) is 19.8. The summed E-state index contributed by atoms with van der Waals surface area (Å²) in [7, 11) is 1.63. The Hall–Kier alpha value is -3.80. The first-order valence-electron chi connectivity index (χ1n) is 11.6. The number of imidazole rings is 1. The highest BCUT2D eigenvalue weighted by atomic mass is 16.5. The van der Waals surface area contributed by atoms with Crippen molar-refractivity contribution in [2.24, 2.45) is 0 Å². The van der Waals surface area contributed by atoms with Crippen molar-refractivity contribution in [1.29, 1.82) is 0 Å². The number of fused-ring (bicyclic) bond motifs is 1. The fourth-order valence-corrected chi connectivity index (χ4v) is 4.88. The largest absolute Gasteiger partial charge is 0.495 e. The minimum absolute atomic E-state index is 0.00831. The van der Waals surface area contributed by atoms with Crippen molar-refractivity contribution in [1.82, 2.24) is 9.55 Å². The minimum atomic E-state index is -0.00831. The zero-order chi connectivity index (χ0) is 23.7. The molecule has 34 heavy (non-hydrogen) atoms. The summed E-state index contributed by atoms with van der Waals surface area (Å²) >= 11 is 0. The molecule has 1 aliphatic rings. The molecule has 1 saturated heterocycles. The number of ether oxygens (including phenoxy) is 2. The van der Waals surface area contributed by atoms with E-state index in [0.717, 1.165) is 28.3 Å². The summed E-state index contributed by atoms with van der Waals surface area (Å²) in [5, 5.41) is 0. The van der Waals surface area contributed by atoms with Gasteiger partial charge in [-0.2, -0.15) is 0 Å². The SMILES string of the molecule is COc1ccccc1N1CC(c2nc3ccccc3n2CCOc2cc(C)cc(C)c2)CC1=O. The van der Waals surface area contributed by atoms with E-state index in [9.17, 15) is 4.79 Å². The monoisotopic (exact) mass is 455 g/mol. The van der Waals surface area contributed by atoms with Gasteiger partial charge in [0.25, 0.3) is 0 Å². The molecule has 1 atom stereocenters. The first kappa shape index (κ1) is 22.0. The van der Waals surface area contributed by atoms with Gasteiger partial charge >= 0.3 is 0 Å². The van der Waals surface area contributed by atoms with Gasteiger partial charge < -0.3 is 18.9 Å². The number of carbonyl (C=O) groups is 1. The lowest BCUT2D eigenvalue weighted by Crippen LogP contribution is -2.25. The Morgan fingerprint density at radius 3 is 2.53 bits per heavy atom. The van der Waals surface area contributed by atoms with E-state index in [1.165, 1.54) is 11.1 Å². The Morgan fingerprint density at radius 2 is 1.74 bits per heavy atom. The third-order valence-corrected chi connectivity index (χ3v) is 6.33. The molecular formula is C28H29N3O3. The molecule has 174 valence electrons. The lowest BCUT2D eigenvalue weighted by atomic mass is 10.1. The number of hydrogen-bond acceptors (Lipinski definition) is 4. The summed E-state index contributed by atoms with van der Waals surface area (Å²) in [6, 6.07) is 22.0. The van der Waals surface area contributed by atoms with Crippen molar-refractivity contribution < 1.29 is 14.3 Å². The zero-order valence-electron chi connectivity index (χ0n) is 19.8. The topological polar surface area (TPSA) is 56.6 Å². The molecule has 2 heterocycles. The van der Waals surface area contributed by atoms with Crippen LogP contribution in [0.25, 0.3) is 11.0 Å². The summed E-state index contributed by atoms with van der Waals surface area (Å²) in [6.45, 7) is 5.90. The van der Waals surface area contributed by atoms with Gasteiger partial charge in [0.2, 0.25) is 5.91 Å². The van der Waals surface area contributed by atoms with Crippen LogP contribution in [0.4, 0.5) is 5.69 Å². The lowest BCUT2D eigenvalue weighted by Gasteiger charge is -2.20. The van der Waals surface area contributed by atoms with Crippen molar-refractivity contribution in [2.75, 3.05) is 25.2 Å². The van der Waals surface area contributed by atoms with E-state index in [-0.39, 0.29) is 11.8 Å². The number of hydrogen-bond donors (Lipinski definition) is 0. The fraction of sp³-hybridized carbons (Fsp3) is 0.286. The molecule has 5 rings (SSSR count). The Bertz CT molecular complexity index is 1320. The van der Waals surface area contributed by atoms with Crippen LogP contribution in [0.3, 0.4) is 0 Å². The second kappa shape index (κ2) is 9.21. The molecule has 4 aromatic rings. The fourth-order valence-electron chi connectivity index (χ4n) is 4.88. The summed E-state index contributed by atoms with van der Waals surface area (Å²) in [6.07, 6.45) is 0.416. The van der Waals surface area contributed by atoms with E-state index in [2.05, 4.69) is 42.7 Å². The van der Waals surface area contributed by atoms with Gasteiger partial charge in [0.15, 0.2) is 0 Å². The van der Waals surface area contributed by atoms with Crippen LogP contribution >= 0.6 is 0 Å². The minimum Gasteiger partial charge on any atom is -0.495 e. The smallest absolute Gasteiger partial charge is 0.227 e. The van der Waals surface area contributed by atoms with Crippen molar-refractivity contribution in [3.05, 3.63) is 83.7 Å². The number of anilines is 1. The Kier molecular flexibility index (Phi) is 5.97. The molecule has 3 aromatic carbocycles. The van der Waals surface area contributed by atoms with Crippen LogP contribution in [0.2, 0.25) is 0 Å². The molecule has 1 aromatic heterocycles. The van der Waals surface area contributed by atoms with Gasteiger partial charge in [-0.05, 0) is 61.4 Å². The maximum Gasteiger partial charge on any atom is 0.227 e. The first-order chi connectivity index (χ1) is 16.5. The molecule has 1 fully saturated rings. The molecule has 6 nitrogen and oxygen atoms in total. The standard InChI is InChI=1S/C28H29N3O3/c1-19-14-20(2)16-22(15-19)34-13-12-30-24-9-5-4-8-23(24)29-28(30)21-17-27(32)31(18-21)25-10-6-7-11-26(25)33-3/h4-11,14-16,21H,12-13,17-18H2,1-3H3. The van der Waals surface area contributed by atoms with Gasteiger partial charge in [-0.1, -0.05) is 30.3 Å². The molecular weight excluding hydrogens is 426 g/mol.